The van der Waals surface area contributed by atoms with Gasteiger partial charge in [-0.05, 0) is 26.7 Å². The molecule has 0 bridgehead atoms. The van der Waals surface area contributed by atoms with Gasteiger partial charge in [-0.3, -0.25) is 0 Å². The maximum atomic E-state index is 9.65. The number of anilines is 2. The van der Waals surface area contributed by atoms with Gasteiger partial charge in [0.1, 0.15) is 18.0 Å². The van der Waals surface area contributed by atoms with E-state index < -0.39 is 5.60 Å². The molecule has 0 radical (unpaired) electrons. The van der Waals surface area contributed by atoms with E-state index in [1.165, 1.54) is 0 Å². The van der Waals surface area contributed by atoms with Crippen molar-refractivity contribution in [3.8, 4) is 0 Å². The molecule has 0 aromatic carbocycles. The van der Waals surface area contributed by atoms with Gasteiger partial charge in [-0.2, -0.15) is 11.8 Å². The Balaban J connectivity index is 1.81. The predicted octanol–water partition coefficient (Wildman–Crippen LogP) is 1.35. The summed E-state index contributed by atoms with van der Waals surface area (Å²) in [5.41, 5.74) is -0.623. The Morgan fingerprint density at radius 1 is 1.45 bits per heavy atom. The quantitative estimate of drug-likeness (QED) is 0.622. The summed E-state index contributed by atoms with van der Waals surface area (Å²) in [6.07, 6.45) is 3.66. The zero-order valence-corrected chi connectivity index (χ0v) is 14.1. The van der Waals surface area contributed by atoms with Gasteiger partial charge in [0.25, 0.3) is 0 Å². The van der Waals surface area contributed by atoms with Crippen LogP contribution < -0.4 is 10.2 Å². The van der Waals surface area contributed by atoms with E-state index in [-0.39, 0.29) is 12.6 Å². The lowest BCUT2D eigenvalue weighted by atomic mass is 10.2. The number of hydrogen-bond acceptors (Lipinski definition) is 7. The fourth-order valence-corrected chi connectivity index (χ4v) is 3.39. The van der Waals surface area contributed by atoms with E-state index in [2.05, 4.69) is 20.2 Å². The zero-order valence-electron chi connectivity index (χ0n) is 13.3. The third-order valence-electron chi connectivity index (χ3n) is 3.54. The van der Waals surface area contributed by atoms with Crippen molar-refractivity contribution < 1.29 is 10.2 Å². The normalized spacial score (nSPS) is 18.7. The minimum absolute atomic E-state index is 0.167. The van der Waals surface area contributed by atoms with Crippen LogP contribution in [-0.2, 0) is 0 Å². The van der Waals surface area contributed by atoms with Crippen molar-refractivity contribution in [3.63, 3.8) is 0 Å². The van der Waals surface area contributed by atoms with Crippen LogP contribution in [0, 0.1) is 0 Å². The minimum Gasteiger partial charge on any atom is -0.394 e. The zero-order chi connectivity index (χ0) is 16.0. The molecule has 1 aliphatic rings. The van der Waals surface area contributed by atoms with E-state index in [9.17, 15) is 10.2 Å². The van der Waals surface area contributed by atoms with Crippen LogP contribution >= 0.6 is 11.8 Å². The van der Waals surface area contributed by atoms with Crippen molar-refractivity contribution in [2.24, 2.45) is 0 Å². The van der Waals surface area contributed by atoms with Gasteiger partial charge in [0.15, 0.2) is 0 Å². The van der Waals surface area contributed by atoms with Crippen LogP contribution in [0.5, 0.6) is 0 Å². The second kappa shape index (κ2) is 7.99. The molecule has 0 spiro atoms. The first-order chi connectivity index (χ1) is 10.5. The first-order valence-electron chi connectivity index (χ1n) is 7.73. The lowest BCUT2D eigenvalue weighted by molar-refractivity contribution is 0.107. The summed E-state index contributed by atoms with van der Waals surface area (Å²) in [7, 11) is 0. The third kappa shape index (κ3) is 5.30. The average molecular weight is 326 g/mol. The molecule has 0 aliphatic carbocycles. The molecule has 1 aliphatic heterocycles. The molecule has 6 nitrogen and oxygen atoms in total. The molecule has 2 rings (SSSR count). The highest BCUT2D eigenvalue weighted by Gasteiger charge is 2.25. The first kappa shape index (κ1) is 17.3. The summed E-state index contributed by atoms with van der Waals surface area (Å²) in [6.45, 7) is 5.53. The first-order valence-corrected chi connectivity index (χ1v) is 8.88. The molecule has 0 saturated carbocycles. The maximum Gasteiger partial charge on any atom is 0.134 e. The second-order valence-corrected chi connectivity index (χ2v) is 7.33. The summed E-state index contributed by atoms with van der Waals surface area (Å²) in [6, 6.07) is 2.11. The van der Waals surface area contributed by atoms with E-state index in [1.807, 2.05) is 19.9 Å². The number of thioether (sulfide) groups is 1. The molecule has 1 fully saturated rings. The van der Waals surface area contributed by atoms with Gasteiger partial charge in [0, 0.05) is 30.7 Å². The van der Waals surface area contributed by atoms with Gasteiger partial charge >= 0.3 is 0 Å². The van der Waals surface area contributed by atoms with E-state index in [0.29, 0.717) is 0 Å². The van der Waals surface area contributed by atoms with Crippen molar-refractivity contribution in [1.82, 2.24) is 9.97 Å². The Morgan fingerprint density at radius 3 is 3.00 bits per heavy atom. The van der Waals surface area contributed by atoms with Crippen molar-refractivity contribution in [2.45, 2.75) is 38.3 Å². The number of nitrogens with one attached hydrogen (secondary N) is 1. The van der Waals surface area contributed by atoms with Crippen LogP contribution in [0.2, 0.25) is 0 Å². The van der Waals surface area contributed by atoms with Gasteiger partial charge in [-0.15, -0.1) is 0 Å². The molecule has 1 aromatic heterocycles. The fourth-order valence-electron chi connectivity index (χ4n) is 2.50. The van der Waals surface area contributed by atoms with Crippen LogP contribution in [0.1, 0.15) is 26.7 Å². The Labute approximate surface area is 136 Å². The van der Waals surface area contributed by atoms with E-state index in [1.54, 1.807) is 18.1 Å². The van der Waals surface area contributed by atoms with Gasteiger partial charge < -0.3 is 20.4 Å². The second-order valence-electron chi connectivity index (χ2n) is 6.23. The van der Waals surface area contributed by atoms with Crippen molar-refractivity contribution in [1.29, 1.82) is 0 Å². The summed E-state index contributed by atoms with van der Waals surface area (Å²) in [5, 5.41) is 22.3. The number of aliphatic hydroxyl groups excluding tert-OH is 1. The Morgan fingerprint density at radius 2 is 2.27 bits per heavy atom. The summed E-state index contributed by atoms with van der Waals surface area (Å²) < 4.78 is 0. The molecule has 22 heavy (non-hydrogen) atoms. The molecule has 1 saturated heterocycles. The Bertz CT molecular complexity index is 467. The number of aliphatic hydroxyl groups is 2. The molecular formula is C15H26N4O2S. The topological polar surface area (TPSA) is 81.5 Å². The fraction of sp³-hybridized carbons (Fsp3) is 0.733. The Hall–Kier alpha value is -1.05. The summed E-state index contributed by atoms with van der Waals surface area (Å²) in [4.78, 5) is 10.7. The van der Waals surface area contributed by atoms with Crippen LogP contribution in [-0.4, -0.2) is 63.0 Å². The Kier molecular flexibility index (Phi) is 6.28. The number of hydrogen-bond donors (Lipinski definition) is 3. The van der Waals surface area contributed by atoms with Gasteiger partial charge in [0.05, 0.1) is 18.2 Å². The van der Waals surface area contributed by atoms with Gasteiger partial charge in [-0.1, -0.05) is 0 Å². The largest absolute Gasteiger partial charge is 0.394 e. The highest BCUT2D eigenvalue weighted by atomic mass is 32.2. The van der Waals surface area contributed by atoms with Crippen LogP contribution in [0.25, 0.3) is 0 Å². The van der Waals surface area contributed by atoms with Crippen LogP contribution in [0.15, 0.2) is 12.4 Å². The third-order valence-corrected chi connectivity index (χ3v) is 4.95. The van der Waals surface area contributed by atoms with Crippen molar-refractivity contribution in [3.05, 3.63) is 12.4 Å². The monoisotopic (exact) mass is 326 g/mol. The highest BCUT2D eigenvalue weighted by molar-refractivity contribution is 7.99. The molecule has 2 heterocycles. The lowest BCUT2D eigenvalue weighted by Crippen LogP contribution is -2.32. The average Bonchev–Trinajstić information content (AvgIpc) is 2.94. The molecule has 7 heteroatoms. The van der Waals surface area contributed by atoms with E-state index >= 15 is 0 Å². The molecular weight excluding hydrogens is 300 g/mol. The SMILES string of the molecule is CC(C)(O)CSCCNc1cc(N2CCCC2CO)ncn1. The highest BCUT2D eigenvalue weighted by Crippen LogP contribution is 2.24. The molecule has 124 valence electrons. The molecule has 1 atom stereocenters. The minimum atomic E-state index is -0.623. The van der Waals surface area contributed by atoms with E-state index in [0.717, 1.165) is 49.1 Å². The maximum absolute atomic E-state index is 9.65. The van der Waals surface area contributed by atoms with Gasteiger partial charge in [-0.25, -0.2) is 9.97 Å². The molecule has 0 amide bonds. The standard InChI is InChI=1S/C15H26N4O2S/c1-15(2,21)10-22-7-5-16-13-8-14(18-11-17-13)19-6-3-4-12(19)9-20/h8,11-12,20-21H,3-7,9-10H2,1-2H3,(H,16,17,18). The summed E-state index contributed by atoms with van der Waals surface area (Å²) in [5.74, 6) is 3.30. The van der Waals surface area contributed by atoms with Crippen LogP contribution in [0.4, 0.5) is 11.6 Å². The summed E-state index contributed by atoms with van der Waals surface area (Å²) >= 11 is 1.71. The van der Waals surface area contributed by atoms with Crippen LogP contribution in [0.3, 0.4) is 0 Å². The number of nitrogens with zero attached hydrogens (tertiary/aromatic N) is 3. The molecule has 3 N–H and O–H groups in total. The van der Waals surface area contributed by atoms with Crippen molar-refractivity contribution >= 4 is 23.4 Å². The lowest BCUT2D eigenvalue weighted by Gasteiger charge is -2.24. The predicted molar refractivity (Wildman–Crippen MR) is 91.6 cm³/mol. The number of aromatic nitrogens is 2. The van der Waals surface area contributed by atoms with Gasteiger partial charge in [0.2, 0.25) is 0 Å². The number of rotatable bonds is 8. The van der Waals surface area contributed by atoms with E-state index in [4.69, 9.17) is 0 Å². The smallest absolute Gasteiger partial charge is 0.134 e. The molecule has 1 unspecified atom stereocenters. The molecule has 1 aromatic rings. The van der Waals surface area contributed by atoms with Crippen molar-refractivity contribution in [2.75, 3.05) is 41.4 Å².